The highest BCUT2D eigenvalue weighted by molar-refractivity contribution is 7.15. The van der Waals surface area contributed by atoms with E-state index in [2.05, 4.69) is 36.3 Å². The summed E-state index contributed by atoms with van der Waals surface area (Å²) >= 11 is 1.43. The van der Waals surface area contributed by atoms with Gasteiger partial charge in [0.1, 0.15) is 10.8 Å². The number of carbonyl (C=O) groups is 1. The number of anilines is 1. The molecule has 0 saturated carbocycles. The van der Waals surface area contributed by atoms with Crippen LogP contribution in [0.15, 0.2) is 30.3 Å². The molecular weight excluding hydrogens is 300 g/mol. The van der Waals surface area contributed by atoms with E-state index in [0.717, 1.165) is 5.01 Å². The number of benzene rings is 1. The Balaban J connectivity index is 0.000000287. The molecule has 22 heavy (non-hydrogen) atoms. The highest BCUT2D eigenvalue weighted by atomic mass is 32.1. The molecule has 0 bridgehead atoms. The van der Waals surface area contributed by atoms with Gasteiger partial charge in [0.2, 0.25) is 5.13 Å². The van der Waals surface area contributed by atoms with Gasteiger partial charge < -0.3 is 10.4 Å². The molecule has 2 amide bonds. The van der Waals surface area contributed by atoms with Gasteiger partial charge in [-0.25, -0.2) is 4.79 Å². The number of aromatic nitrogens is 2. The molecule has 1 heterocycles. The third-order valence-corrected chi connectivity index (χ3v) is 4.04. The first-order valence-electron chi connectivity index (χ1n) is 6.79. The molecule has 120 valence electrons. The molecule has 0 spiro atoms. The van der Waals surface area contributed by atoms with Crippen molar-refractivity contribution < 1.29 is 9.90 Å². The predicted octanol–water partition coefficient (Wildman–Crippen LogP) is 3.00. The van der Waals surface area contributed by atoms with Crippen molar-refractivity contribution in [1.29, 1.82) is 0 Å². The van der Waals surface area contributed by atoms with Crippen LogP contribution in [0.3, 0.4) is 0 Å². The minimum Gasteiger partial charge on any atom is -0.508 e. The van der Waals surface area contributed by atoms with Gasteiger partial charge in [-0.1, -0.05) is 50.3 Å². The van der Waals surface area contributed by atoms with Crippen LogP contribution in [0.5, 0.6) is 5.75 Å². The van der Waals surface area contributed by atoms with Gasteiger partial charge in [0, 0.05) is 19.5 Å². The Morgan fingerprint density at radius 3 is 2.18 bits per heavy atom. The number of amides is 2. The maximum atomic E-state index is 11.3. The van der Waals surface area contributed by atoms with Crippen molar-refractivity contribution in [3.05, 3.63) is 35.3 Å². The molecule has 6 nitrogen and oxygen atoms in total. The maximum Gasteiger partial charge on any atom is 0.323 e. The second kappa shape index (κ2) is 7.74. The first-order valence-corrected chi connectivity index (χ1v) is 7.60. The first-order chi connectivity index (χ1) is 10.3. The van der Waals surface area contributed by atoms with Crippen LogP contribution in [0, 0.1) is 0 Å². The summed E-state index contributed by atoms with van der Waals surface area (Å²) in [6.45, 7) is 6.20. The molecule has 0 atom stereocenters. The Morgan fingerprint density at radius 1 is 1.23 bits per heavy atom. The van der Waals surface area contributed by atoms with Crippen molar-refractivity contribution >= 4 is 22.5 Å². The van der Waals surface area contributed by atoms with Gasteiger partial charge in [0.15, 0.2) is 0 Å². The minimum atomic E-state index is -0.188. The Bertz CT molecular complexity index is 593. The van der Waals surface area contributed by atoms with Crippen LogP contribution < -0.4 is 10.2 Å². The highest BCUT2D eigenvalue weighted by Crippen LogP contribution is 2.29. The van der Waals surface area contributed by atoms with E-state index in [9.17, 15) is 4.79 Å². The summed E-state index contributed by atoms with van der Waals surface area (Å²) in [4.78, 5) is 12.8. The van der Waals surface area contributed by atoms with Crippen molar-refractivity contribution in [3.8, 4) is 5.75 Å². The van der Waals surface area contributed by atoms with E-state index < -0.39 is 0 Å². The molecule has 0 aliphatic carbocycles. The molecule has 2 N–H and O–H groups in total. The number of urea groups is 1. The zero-order valence-electron chi connectivity index (χ0n) is 13.5. The van der Waals surface area contributed by atoms with Crippen LogP contribution in [0.4, 0.5) is 9.93 Å². The second-order valence-corrected chi connectivity index (χ2v) is 6.55. The number of hydrogen-bond acceptors (Lipinski definition) is 5. The van der Waals surface area contributed by atoms with Crippen molar-refractivity contribution in [1.82, 2.24) is 15.5 Å². The molecule has 1 aromatic carbocycles. The molecule has 2 rings (SSSR count). The van der Waals surface area contributed by atoms with Crippen molar-refractivity contribution in [2.75, 3.05) is 19.0 Å². The lowest BCUT2D eigenvalue weighted by molar-refractivity contribution is 0.249. The van der Waals surface area contributed by atoms with Crippen molar-refractivity contribution in [2.24, 2.45) is 0 Å². The number of phenolic OH excluding ortho intramolecular Hbond substituents is 1. The average molecular weight is 322 g/mol. The second-order valence-electron chi connectivity index (χ2n) is 5.59. The van der Waals surface area contributed by atoms with E-state index in [4.69, 9.17) is 5.11 Å². The van der Waals surface area contributed by atoms with Gasteiger partial charge >= 0.3 is 6.03 Å². The Morgan fingerprint density at radius 2 is 1.82 bits per heavy atom. The van der Waals surface area contributed by atoms with Gasteiger partial charge in [-0.3, -0.25) is 4.90 Å². The molecule has 0 aliphatic rings. The molecule has 7 heteroatoms. The van der Waals surface area contributed by atoms with Crippen LogP contribution in [-0.2, 0) is 5.41 Å². The molecule has 0 radical (unpaired) electrons. The van der Waals surface area contributed by atoms with E-state index in [1.54, 1.807) is 38.4 Å². The zero-order chi connectivity index (χ0) is 16.8. The zero-order valence-corrected chi connectivity index (χ0v) is 14.3. The summed E-state index contributed by atoms with van der Waals surface area (Å²) < 4.78 is 0. The fourth-order valence-electron chi connectivity index (χ4n) is 1.34. The molecule has 2 aromatic rings. The molecule has 0 aliphatic heterocycles. The van der Waals surface area contributed by atoms with Crippen molar-refractivity contribution in [3.63, 3.8) is 0 Å². The molecule has 1 aromatic heterocycles. The third kappa shape index (κ3) is 5.33. The summed E-state index contributed by atoms with van der Waals surface area (Å²) in [5, 5.41) is 20.8. The van der Waals surface area contributed by atoms with Crippen LogP contribution in [0.2, 0.25) is 0 Å². The number of para-hydroxylation sites is 1. The number of phenols is 1. The van der Waals surface area contributed by atoms with E-state index >= 15 is 0 Å². The SMILES string of the molecule is CNC(=O)N(C)c1nnc(C(C)(C)C)s1.Oc1ccccc1. The number of nitrogens with zero attached hydrogens (tertiary/aromatic N) is 3. The molecular formula is C15H22N4O2S. The largest absolute Gasteiger partial charge is 0.508 e. The third-order valence-electron chi connectivity index (χ3n) is 2.62. The van der Waals surface area contributed by atoms with E-state index in [1.165, 1.54) is 16.2 Å². The van der Waals surface area contributed by atoms with Crippen molar-refractivity contribution in [2.45, 2.75) is 26.2 Å². The van der Waals surface area contributed by atoms with E-state index in [0.29, 0.717) is 10.9 Å². The Labute approximate surface area is 134 Å². The summed E-state index contributed by atoms with van der Waals surface area (Å²) in [5.74, 6) is 0.322. The lowest BCUT2D eigenvalue weighted by Crippen LogP contribution is -2.34. The van der Waals surface area contributed by atoms with Gasteiger partial charge in [-0.15, -0.1) is 10.2 Å². The quantitative estimate of drug-likeness (QED) is 0.846. The van der Waals surface area contributed by atoms with Crippen LogP contribution in [-0.4, -0.2) is 35.4 Å². The summed E-state index contributed by atoms with van der Waals surface area (Å²) in [6, 6.07) is 8.52. The maximum absolute atomic E-state index is 11.3. The number of aromatic hydroxyl groups is 1. The number of carbonyl (C=O) groups excluding carboxylic acids is 1. The minimum absolute atomic E-state index is 0.0283. The molecule has 0 fully saturated rings. The Hall–Kier alpha value is -2.15. The number of rotatable bonds is 1. The molecule has 0 saturated heterocycles. The fraction of sp³-hybridized carbons (Fsp3) is 0.400. The summed E-state index contributed by atoms with van der Waals surface area (Å²) in [7, 11) is 3.26. The smallest absolute Gasteiger partial charge is 0.323 e. The van der Waals surface area contributed by atoms with Gasteiger partial charge in [-0.05, 0) is 12.1 Å². The summed E-state index contributed by atoms with van der Waals surface area (Å²) in [6.07, 6.45) is 0. The van der Waals surface area contributed by atoms with E-state index in [-0.39, 0.29) is 11.4 Å². The van der Waals surface area contributed by atoms with Gasteiger partial charge in [-0.2, -0.15) is 0 Å². The number of nitrogens with one attached hydrogen (secondary N) is 1. The monoisotopic (exact) mass is 322 g/mol. The van der Waals surface area contributed by atoms with E-state index in [1.807, 2.05) is 6.07 Å². The normalized spacial score (nSPS) is 10.4. The Kier molecular flexibility index (Phi) is 6.30. The number of hydrogen-bond donors (Lipinski definition) is 2. The van der Waals surface area contributed by atoms with Crippen LogP contribution >= 0.6 is 11.3 Å². The highest BCUT2D eigenvalue weighted by Gasteiger charge is 2.22. The molecule has 0 unspecified atom stereocenters. The summed E-state index contributed by atoms with van der Waals surface area (Å²) in [5.41, 5.74) is -0.0283. The standard InChI is InChI=1S/C9H16N4OS.C6H6O/c1-9(2,3)6-11-12-8(15-6)13(5)7(14)10-4;7-6-4-2-1-3-5-6/h1-5H3,(H,10,14);1-5,7H. The van der Waals surface area contributed by atoms with Gasteiger partial charge in [0.05, 0.1) is 0 Å². The average Bonchev–Trinajstić information content (AvgIpc) is 2.97. The first kappa shape index (κ1) is 17.9. The van der Waals surface area contributed by atoms with Crippen LogP contribution in [0.1, 0.15) is 25.8 Å². The van der Waals surface area contributed by atoms with Gasteiger partial charge in [0.25, 0.3) is 0 Å². The fourth-order valence-corrected chi connectivity index (χ4v) is 2.20. The lowest BCUT2D eigenvalue weighted by atomic mass is 9.98. The predicted molar refractivity (Wildman–Crippen MR) is 89.6 cm³/mol. The topological polar surface area (TPSA) is 78.4 Å². The lowest BCUT2D eigenvalue weighted by Gasteiger charge is -2.13. The van der Waals surface area contributed by atoms with Crippen LogP contribution in [0.25, 0.3) is 0 Å².